The summed E-state index contributed by atoms with van der Waals surface area (Å²) in [6, 6.07) is 7.55. The maximum atomic E-state index is 12.9. The second-order valence-corrected chi connectivity index (χ2v) is 8.33. The summed E-state index contributed by atoms with van der Waals surface area (Å²) in [5, 5.41) is 5.06. The molecule has 4 rings (SSSR count). The lowest BCUT2D eigenvalue weighted by atomic mass is 10.1. The third-order valence-corrected chi connectivity index (χ3v) is 5.48. The van der Waals surface area contributed by atoms with Gasteiger partial charge in [-0.05, 0) is 69.9 Å². The minimum absolute atomic E-state index is 0.123. The minimum atomic E-state index is -0.447. The molecule has 0 radical (unpaired) electrons. The molecule has 2 heterocycles. The summed E-state index contributed by atoms with van der Waals surface area (Å²) in [5.41, 5.74) is 9.19. The van der Waals surface area contributed by atoms with Crippen LogP contribution in [0.25, 0.3) is 11.0 Å². The Morgan fingerprint density at radius 1 is 1.16 bits per heavy atom. The Hall–Kier alpha value is -3.42. The Morgan fingerprint density at radius 3 is 2.61 bits per heavy atom. The summed E-state index contributed by atoms with van der Waals surface area (Å²) in [4.78, 5) is 29.8. The first-order valence-electron chi connectivity index (χ1n) is 10.5. The van der Waals surface area contributed by atoms with Gasteiger partial charge in [0.05, 0.1) is 17.1 Å². The van der Waals surface area contributed by atoms with Crippen LogP contribution >= 0.6 is 0 Å². The number of carbonyl (C=O) groups excluding carboxylic acids is 2. The average Bonchev–Trinajstić information content (AvgIpc) is 3.50. The molecular formula is C23H27N5O3. The van der Waals surface area contributed by atoms with Crippen LogP contribution in [0.1, 0.15) is 65.8 Å². The van der Waals surface area contributed by atoms with Crippen molar-refractivity contribution in [1.29, 1.82) is 0 Å². The Balaban J connectivity index is 1.44. The molecule has 1 saturated carbocycles. The van der Waals surface area contributed by atoms with E-state index in [9.17, 15) is 9.59 Å². The van der Waals surface area contributed by atoms with Crippen molar-refractivity contribution in [2.45, 2.75) is 52.5 Å². The van der Waals surface area contributed by atoms with Crippen molar-refractivity contribution < 1.29 is 14.3 Å². The van der Waals surface area contributed by atoms with E-state index in [1.807, 2.05) is 50.6 Å². The van der Waals surface area contributed by atoms with Crippen molar-refractivity contribution in [1.82, 2.24) is 25.6 Å². The van der Waals surface area contributed by atoms with E-state index in [0.29, 0.717) is 28.3 Å². The van der Waals surface area contributed by atoms with Gasteiger partial charge < -0.3 is 4.74 Å². The number of carbonyl (C=O) groups is 2. The van der Waals surface area contributed by atoms with Crippen molar-refractivity contribution in [3.05, 3.63) is 52.8 Å². The molecule has 8 heteroatoms. The zero-order chi connectivity index (χ0) is 22.1. The Labute approximate surface area is 181 Å². The van der Waals surface area contributed by atoms with Crippen LogP contribution in [0.15, 0.2) is 30.5 Å². The number of hydrogen-bond acceptors (Lipinski definition) is 5. The van der Waals surface area contributed by atoms with E-state index in [1.54, 1.807) is 12.3 Å². The molecule has 0 unspecified atom stereocenters. The smallest absolute Gasteiger partial charge is 0.276 e. The lowest BCUT2D eigenvalue weighted by molar-refractivity contribution is -0.123. The van der Waals surface area contributed by atoms with Gasteiger partial charge in [0, 0.05) is 17.7 Å². The summed E-state index contributed by atoms with van der Waals surface area (Å²) >= 11 is 0. The van der Waals surface area contributed by atoms with Gasteiger partial charge in [-0.25, -0.2) is 9.67 Å². The maximum absolute atomic E-state index is 12.9. The van der Waals surface area contributed by atoms with Crippen molar-refractivity contribution in [3.8, 4) is 5.75 Å². The highest BCUT2D eigenvalue weighted by Crippen LogP contribution is 2.40. The minimum Gasteiger partial charge on any atom is -0.484 e. The van der Waals surface area contributed by atoms with E-state index < -0.39 is 11.8 Å². The normalized spacial score (nSPS) is 13.5. The van der Waals surface area contributed by atoms with Gasteiger partial charge in [-0.3, -0.25) is 20.4 Å². The Bertz CT molecular complexity index is 1150. The molecule has 0 spiro atoms. The molecule has 162 valence electrons. The molecule has 2 N–H and O–H groups in total. The summed E-state index contributed by atoms with van der Waals surface area (Å²) in [6.07, 6.45) is 3.79. The van der Waals surface area contributed by atoms with Crippen LogP contribution < -0.4 is 15.6 Å². The summed E-state index contributed by atoms with van der Waals surface area (Å²) in [5.74, 6) is 0.136. The highest BCUT2D eigenvalue weighted by atomic mass is 16.5. The number of fused-ring (bicyclic) bond motifs is 1. The fourth-order valence-electron chi connectivity index (χ4n) is 3.37. The lowest BCUT2D eigenvalue weighted by Crippen LogP contribution is -2.43. The Morgan fingerprint density at radius 2 is 1.94 bits per heavy atom. The highest BCUT2D eigenvalue weighted by molar-refractivity contribution is 6.06. The molecule has 0 bridgehead atoms. The number of pyridine rings is 1. The number of rotatable bonds is 6. The maximum Gasteiger partial charge on any atom is 0.276 e. The molecule has 8 nitrogen and oxygen atoms in total. The van der Waals surface area contributed by atoms with E-state index in [4.69, 9.17) is 9.72 Å². The van der Waals surface area contributed by atoms with Crippen LogP contribution in [0, 0.1) is 13.8 Å². The monoisotopic (exact) mass is 421 g/mol. The van der Waals surface area contributed by atoms with Gasteiger partial charge >= 0.3 is 0 Å². The first-order chi connectivity index (χ1) is 14.8. The zero-order valence-corrected chi connectivity index (χ0v) is 18.2. The summed E-state index contributed by atoms with van der Waals surface area (Å²) < 4.78 is 7.33. The predicted octanol–water partition coefficient (Wildman–Crippen LogP) is 3.35. The number of aryl methyl sites for hydroxylation is 2. The topological polar surface area (TPSA) is 98.1 Å². The highest BCUT2D eigenvalue weighted by Gasteiger charge is 2.28. The molecule has 1 fully saturated rings. The molecular weight excluding hydrogens is 394 g/mol. The molecule has 2 amide bonds. The van der Waals surface area contributed by atoms with Gasteiger partial charge in [0.1, 0.15) is 5.75 Å². The molecule has 1 aliphatic carbocycles. The van der Waals surface area contributed by atoms with E-state index in [0.717, 1.165) is 29.7 Å². The van der Waals surface area contributed by atoms with Crippen LogP contribution in [0.3, 0.4) is 0 Å². The first kappa shape index (κ1) is 20.8. The van der Waals surface area contributed by atoms with Crippen LogP contribution in [0.2, 0.25) is 0 Å². The summed E-state index contributed by atoms with van der Waals surface area (Å²) in [6.45, 7) is 7.83. The quantitative estimate of drug-likeness (QED) is 0.595. The van der Waals surface area contributed by atoms with Gasteiger partial charge in [0.15, 0.2) is 12.3 Å². The molecule has 1 aliphatic rings. The fraction of sp³-hybridized carbons (Fsp3) is 0.391. The molecule has 0 atom stereocenters. The standard InChI is InChI=1S/C23H27N5O3/c1-13(2)28-22-19(11-24-28)18(10-20(25-22)16-6-7-16)23(30)27-26-21(29)12-31-17-8-5-14(3)15(4)9-17/h5,8-11,13,16H,6-7,12H2,1-4H3,(H,26,29)(H,27,30). The first-order valence-corrected chi connectivity index (χ1v) is 10.5. The fourth-order valence-corrected chi connectivity index (χ4v) is 3.37. The number of amides is 2. The summed E-state index contributed by atoms with van der Waals surface area (Å²) in [7, 11) is 0. The number of benzene rings is 1. The third kappa shape index (κ3) is 4.52. The second-order valence-electron chi connectivity index (χ2n) is 8.33. The van der Waals surface area contributed by atoms with E-state index in [-0.39, 0.29) is 12.6 Å². The largest absolute Gasteiger partial charge is 0.484 e. The molecule has 3 aromatic rings. The number of nitrogens with zero attached hydrogens (tertiary/aromatic N) is 3. The van der Waals surface area contributed by atoms with E-state index in [1.165, 1.54) is 0 Å². The van der Waals surface area contributed by atoms with Crippen molar-refractivity contribution in [2.75, 3.05) is 6.61 Å². The van der Waals surface area contributed by atoms with Gasteiger partial charge in [-0.1, -0.05) is 6.07 Å². The van der Waals surface area contributed by atoms with Crippen molar-refractivity contribution >= 4 is 22.8 Å². The van der Waals surface area contributed by atoms with Gasteiger partial charge in [-0.15, -0.1) is 0 Å². The van der Waals surface area contributed by atoms with Crippen molar-refractivity contribution in [2.24, 2.45) is 0 Å². The van der Waals surface area contributed by atoms with Crippen molar-refractivity contribution in [3.63, 3.8) is 0 Å². The number of ether oxygens (including phenoxy) is 1. The molecule has 31 heavy (non-hydrogen) atoms. The van der Waals surface area contributed by atoms with Crippen LogP contribution in [0.4, 0.5) is 0 Å². The second kappa shape index (κ2) is 8.37. The molecule has 1 aromatic carbocycles. The zero-order valence-electron chi connectivity index (χ0n) is 18.2. The molecule has 2 aromatic heterocycles. The number of hydrazine groups is 1. The van der Waals surface area contributed by atoms with Crippen LogP contribution in [-0.4, -0.2) is 33.2 Å². The molecule has 0 aliphatic heterocycles. The third-order valence-electron chi connectivity index (χ3n) is 5.48. The van der Waals surface area contributed by atoms with Gasteiger partial charge in [-0.2, -0.15) is 5.10 Å². The van der Waals surface area contributed by atoms with Gasteiger partial charge in [0.25, 0.3) is 11.8 Å². The number of aromatic nitrogens is 3. The average molecular weight is 422 g/mol. The van der Waals surface area contributed by atoms with E-state index >= 15 is 0 Å². The predicted molar refractivity (Wildman–Crippen MR) is 117 cm³/mol. The lowest BCUT2D eigenvalue weighted by Gasteiger charge is -2.12. The number of hydrogen-bond donors (Lipinski definition) is 2. The van der Waals surface area contributed by atoms with Gasteiger partial charge in [0.2, 0.25) is 0 Å². The molecule has 0 saturated heterocycles. The number of nitrogens with one attached hydrogen (secondary N) is 2. The van der Waals surface area contributed by atoms with Crippen LogP contribution in [0.5, 0.6) is 5.75 Å². The Kier molecular flexibility index (Phi) is 5.63. The van der Waals surface area contributed by atoms with Crippen LogP contribution in [-0.2, 0) is 4.79 Å². The SMILES string of the molecule is Cc1ccc(OCC(=O)NNC(=O)c2cc(C3CC3)nc3c2cnn3C(C)C)cc1C. The van der Waals surface area contributed by atoms with E-state index in [2.05, 4.69) is 16.0 Å².